The van der Waals surface area contributed by atoms with E-state index in [-0.39, 0.29) is 6.10 Å². The lowest BCUT2D eigenvalue weighted by atomic mass is 9.98. The van der Waals surface area contributed by atoms with E-state index in [4.69, 9.17) is 10.2 Å². The highest BCUT2D eigenvalue weighted by molar-refractivity contribution is 5.63. The van der Waals surface area contributed by atoms with Gasteiger partial charge < -0.3 is 15.1 Å². The van der Waals surface area contributed by atoms with Crippen LogP contribution in [0.2, 0.25) is 0 Å². The molecular formula is C9H19NO3. The lowest BCUT2D eigenvalue weighted by Gasteiger charge is -2.14. The Balaban J connectivity index is 0.000000226. The molecule has 0 heterocycles. The summed E-state index contributed by atoms with van der Waals surface area (Å²) in [5, 5.41) is 16.8. The van der Waals surface area contributed by atoms with Gasteiger partial charge in [-0.15, -0.1) is 0 Å². The molecule has 0 aliphatic heterocycles. The van der Waals surface area contributed by atoms with Crippen LogP contribution in [0.3, 0.4) is 0 Å². The second-order valence-electron chi connectivity index (χ2n) is 3.47. The molecule has 0 aromatic heterocycles. The lowest BCUT2D eigenvalue weighted by molar-refractivity contribution is 0.130. The van der Waals surface area contributed by atoms with E-state index in [0.29, 0.717) is 0 Å². The van der Waals surface area contributed by atoms with Gasteiger partial charge in [-0.3, -0.25) is 0 Å². The molecule has 4 nitrogen and oxygen atoms in total. The molecule has 1 fully saturated rings. The minimum atomic E-state index is -0.907. The van der Waals surface area contributed by atoms with Gasteiger partial charge >= 0.3 is 6.09 Å². The minimum Gasteiger partial charge on any atom is -0.465 e. The zero-order valence-electron chi connectivity index (χ0n) is 8.36. The van der Waals surface area contributed by atoms with Crippen molar-refractivity contribution in [2.75, 3.05) is 14.1 Å². The number of rotatable bonds is 0. The first-order valence-electron chi connectivity index (χ1n) is 4.62. The van der Waals surface area contributed by atoms with E-state index in [1.54, 1.807) is 0 Å². The average Bonchev–Trinajstić information content (AvgIpc) is 2.06. The number of carboxylic acid groups (broad SMARTS) is 1. The van der Waals surface area contributed by atoms with Gasteiger partial charge in [-0.2, -0.15) is 0 Å². The van der Waals surface area contributed by atoms with Crippen molar-refractivity contribution in [1.82, 2.24) is 4.90 Å². The number of aliphatic hydroxyl groups excluding tert-OH is 1. The number of nitrogens with zero attached hydrogens (tertiary/aromatic N) is 1. The van der Waals surface area contributed by atoms with Gasteiger partial charge in [0.05, 0.1) is 6.10 Å². The molecule has 1 aliphatic carbocycles. The van der Waals surface area contributed by atoms with Gasteiger partial charge in [0.15, 0.2) is 0 Å². The van der Waals surface area contributed by atoms with Crippen LogP contribution in [0.5, 0.6) is 0 Å². The number of carbonyl (C=O) groups is 1. The van der Waals surface area contributed by atoms with Gasteiger partial charge in [-0.05, 0) is 12.8 Å². The molecule has 2 N–H and O–H groups in total. The summed E-state index contributed by atoms with van der Waals surface area (Å²) in [7, 11) is 2.95. The molecule has 0 bridgehead atoms. The van der Waals surface area contributed by atoms with Crippen LogP contribution >= 0.6 is 0 Å². The highest BCUT2D eigenvalue weighted by Crippen LogP contribution is 2.16. The van der Waals surface area contributed by atoms with Gasteiger partial charge in [-0.1, -0.05) is 19.3 Å². The molecule has 78 valence electrons. The van der Waals surface area contributed by atoms with Gasteiger partial charge in [0.2, 0.25) is 0 Å². The van der Waals surface area contributed by atoms with Crippen LogP contribution < -0.4 is 0 Å². The van der Waals surface area contributed by atoms with Crippen LogP contribution in [0, 0.1) is 0 Å². The predicted octanol–water partition coefficient (Wildman–Crippen LogP) is 1.54. The van der Waals surface area contributed by atoms with E-state index in [0.717, 1.165) is 17.7 Å². The van der Waals surface area contributed by atoms with Crippen LogP contribution in [-0.4, -0.2) is 41.4 Å². The second kappa shape index (κ2) is 6.71. The van der Waals surface area contributed by atoms with Gasteiger partial charge in [-0.25, -0.2) is 4.79 Å². The first kappa shape index (κ1) is 12.2. The number of hydrogen-bond acceptors (Lipinski definition) is 2. The van der Waals surface area contributed by atoms with Gasteiger partial charge in [0.25, 0.3) is 0 Å². The quantitative estimate of drug-likeness (QED) is 0.607. The Morgan fingerprint density at radius 3 is 1.77 bits per heavy atom. The Morgan fingerprint density at radius 2 is 1.62 bits per heavy atom. The van der Waals surface area contributed by atoms with Crippen LogP contribution in [0.1, 0.15) is 32.1 Å². The van der Waals surface area contributed by atoms with Crippen molar-refractivity contribution in [3.63, 3.8) is 0 Å². The van der Waals surface area contributed by atoms with Crippen molar-refractivity contribution < 1.29 is 15.0 Å². The highest BCUT2D eigenvalue weighted by Gasteiger charge is 2.07. The molecule has 0 atom stereocenters. The monoisotopic (exact) mass is 189 g/mol. The first-order chi connectivity index (χ1) is 6.04. The van der Waals surface area contributed by atoms with Crippen molar-refractivity contribution in [2.45, 2.75) is 38.2 Å². The van der Waals surface area contributed by atoms with Crippen LogP contribution in [0.25, 0.3) is 0 Å². The summed E-state index contributed by atoms with van der Waals surface area (Å²) in [5.41, 5.74) is 0. The van der Waals surface area contributed by atoms with E-state index in [2.05, 4.69) is 0 Å². The maximum Gasteiger partial charge on any atom is 0.406 e. The largest absolute Gasteiger partial charge is 0.465 e. The Labute approximate surface area is 79.2 Å². The Kier molecular flexibility index (Phi) is 6.32. The standard InChI is InChI=1S/C6H12O.C3H7NO2/c7-6-4-2-1-3-5-6;1-4(2)3(5)6/h6-7H,1-5H2;1-2H3,(H,5,6). The molecule has 0 spiro atoms. The van der Waals surface area contributed by atoms with Crippen molar-refractivity contribution in [3.8, 4) is 0 Å². The van der Waals surface area contributed by atoms with Crippen LogP contribution in [0.15, 0.2) is 0 Å². The molecular weight excluding hydrogens is 170 g/mol. The zero-order valence-corrected chi connectivity index (χ0v) is 8.36. The molecule has 1 amide bonds. The molecule has 0 radical (unpaired) electrons. The van der Waals surface area contributed by atoms with E-state index < -0.39 is 6.09 Å². The normalized spacial score (nSPS) is 17.2. The number of aliphatic hydroxyl groups is 1. The Hall–Kier alpha value is -0.770. The molecule has 1 aliphatic rings. The SMILES string of the molecule is CN(C)C(=O)O.OC1CCCCC1. The molecule has 0 unspecified atom stereocenters. The van der Waals surface area contributed by atoms with E-state index in [1.165, 1.54) is 33.4 Å². The van der Waals surface area contributed by atoms with Crippen molar-refractivity contribution >= 4 is 6.09 Å². The molecule has 0 saturated heterocycles. The van der Waals surface area contributed by atoms with E-state index >= 15 is 0 Å². The fourth-order valence-electron chi connectivity index (χ4n) is 1.08. The molecule has 13 heavy (non-hydrogen) atoms. The molecule has 0 aromatic carbocycles. The maximum atomic E-state index is 9.62. The highest BCUT2D eigenvalue weighted by atomic mass is 16.4. The summed E-state index contributed by atoms with van der Waals surface area (Å²) >= 11 is 0. The molecule has 4 heteroatoms. The lowest BCUT2D eigenvalue weighted by Crippen LogP contribution is -2.18. The van der Waals surface area contributed by atoms with E-state index in [9.17, 15) is 4.79 Å². The summed E-state index contributed by atoms with van der Waals surface area (Å²) in [6.07, 6.45) is 5.02. The van der Waals surface area contributed by atoms with Gasteiger partial charge in [0.1, 0.15) is 0 Å². The summed E-state index contributed by atoms with van der Waals surface area (Å²) < 4.78 is 0. The summed E-state index contributed by atoms with van der Waals surface area (Å²) in [6, 6.07) is 0. The predicted molar refractivity (Wildman–Crippen MR) is 50.8 cm³/mol. The summed E-state index contributed by atoms with van der Waals surface area (Å²) in [4.78, 5) is 10.7. The topological polar surface area (TPSA) is 60.8 Å². The summed E-state index contributed by atoms with van der Waals surface area (Å²) in [5.74, 6) is 0. The smallest absolute Gasteiger partial charge is 0.406 e. The first-order valence-corrected chi connectivity index (χ1v) is 4.62. The average molecular weight is 189 g/mol. The van der Waals surface area contributed by atoms with Crippen molar-refractivity contribution in [1.29, 1.82) is 0 Å². The Morgan fingerprint density at radius 1 is 1.23 bits per heavy atom. The number of amides is 1. The van der Waals surface area contributed by atoms with E-state index in [1.807, 2.05) is 0 Å². The third-order valence-corrected chi connectivity index (χ3v) is 1.96. The minimum absolute atomic E-state index is 0.0359. The molecule has 1 rings (SSSR count). The number of hydrogen-bond donors (Lipinski definition) is 2. The van der Waals surface area contributed by atoms with Crippen LogP contribution in [0.4, 0.5) is 4.79 Å². The third-order valence-electron chi connectivity index (χ3n) is 1.96. The Bertz CT molecular complexity index is 142. The molecule has 0 aromatic rings. The van der Waals surface area contributed by atoms with Crippen molar-refractivity contribution in [3.05, 3.63) is 0 Å². The summed E-state index contributed by atoms with van der Waals surface area (Å²) in [6.45, 7) is 0. The zero-order chi connectivity index (χ0) is 10.3. The fraction of sp³-hybridized carbons (Fsp3) is 0.889. The second-order valence-corrected chi connectivity index (χ2v) is 3.47. The molecule has 1 saturated carbocycles. The third kappa shape index (κ3) is 7.59. The van der Waals surface area contributed by atoms with Crippen molar-refractivity contribution in [2.24, 2.45) is 0 Å². The van der Waals surface area contributed by atoms with Crippen LogP contribution in [-0.2, 0) is 0 Å². The van der Waals surface area contributed by atoms with Gasteiger partial charge in [0, 0.05) is 14.1 Å². The fourth-order valence-corrected chi connectivity index (χ4v) is 1.08. The maximum absolute atomic E-state index is 9.62.